The largest absolute Gasteiger partial charge is 0.503 e. The monoisotopic (exact) mass is 245 g/mol. The Balaban J connectivity index is 3.06. The number of hydrogen-bond donors (Lipinski definition) is 1. The molecule has 4 nitrogen and oxygen atoms in total. The van der Waals surface area contributed by atoms with Gasteiger partial charge in [-0.3, -0.25) is 4.79 Å². The van der Waals surface area contributed by atoms with Gasteiger partial charge < -0.3 is 9.84 Å². The first kappa shape index (κ1) is 13.8. The number of benzene rings is 1. The van der Waals surface area contributed by atoms with Crippen LogP contribution >= 0.6 is 0 Å². The second-order valence-electron chi connectivity index (χ2n) is 3.94. The fraction of sp³-hybridized carbons (Fsp3) is 0.286. The van der Waals surface area contributed by atoms with E-state index in [-0.39, 0.29) is 6.42 Å². The van der Waals surface area contributed by atoms with Gasteiger partial charge in [0.25, 0.3) is 0 Å². The van der Waals surface area contributed by atoms with Gasteiger partial charge in [-0.1, -0.05) is 24.3 Å². The van der Waals surface area contributed by atoms with Crippen molar-refractivity contribution in [2.24, 2.45) is 0 Å². The van der Waals surface area contributed by atoms with E-state index in [0.29, 0.717) is 5.57 Å². The molecular formula is C14H15NO3. The minimum absolute atomic E-state index is 0.129. The van der Waals surface area contributed by atoms with Gasteiger partial charge >= 0.3 is 5.97 Å². The van der Waals surface area contributed by atoms with Crippen LogP contribution in [0.1, 0.15) is 23.5 Å². The molecule has 0 aliphatic rings. The first-order chi connectivity index (χ1) is 8.60. The van der Waals surface area contributed by atoms with Crippen molar-refractivity contribution in [3.8, 4) is 6.07 Å². The maximum Gasteiger partial charge on any atom is 0.311 e. The number of ether oxygens (including phenoxy) is 1. The van der Waals surface area contributed by atoms with Crippen LogP contribution in [0.5, 0.6) is 0 Å². The molecule has 0 aliphatic carbocycles. The van der Waals surface area contributed by atoms with E-state index in [1.54, 1.807) is 12.1 Å². The summed E-state index contributed by atoms with van der Waals surface area (Å²) in [6.45, 7) is 1.86. The molecule has 18 heavy (non-hydrogen) atoms. The van der Waals surface area contributed by atoms with E-state index >= 15 is 0 Å². The van der Waals surface area contributed by atoms with E-state index in [1.165, 1.54) is 13.4 Å². The first-order valence-electron chi connectivity index (χ1n) is 5.50. The SMILES string of the molecule is COC=C(C#N)CC(C(=O)O)c1ccccc1C. The Morgan fingerprint density at radius 1 is 1.56 bits per heavy atom. The fourth-order valence-corrected chi connectivity index (χ4v) is 1.79. The van der Waals surface area contributed by atoms with Gasteiger partial charge in [0.2, 0.25) is 0 Å². The molecule has 1 unspecified atom stereocenters. The van der Waals surface area contributed by atoms with Crippen LogP contribution in [0.15, 0.2) is 36.1 Å². The Kier molecular flexibility index (Phi) is 4.94. The Morgan fingerprint density at radius 2 is 2.22 bits per heavy atom. The van der Waals surface area contributed by atoms with Crippen molar-refractivity contribution in [2.75, 3.05) is 7.11 Å². The Hall–Kier alpha value is -2.28. The molecule has 0 aromatic heterocycles. The number of carboxylic acids is 1. The lowest BCUT2D eigenvalue weighted by molar-refractivity contribution is -0.138. The molecule has 0 radical (unpaired) electrons. The van der Waals surface area contributed by atoms with Gasteiger partial charge in [0, 0.05) is 6.42 Å². The standard InChI is InChI=1S/C14H15NO3/c1-10-5-3-4-6-12(10)13(14(16)17)7-11(8-15)9-18-2/h3-6,9,13H,7H2,1-2H3,(H,16,17). The van der Waals surface area contributed by atoms with Gasteiger partial charge in [-0.2, -0.15) is 5.26 Å². The highest BCUT2D eigenvalue weighted by atomic mass is 16.5. The molecule has 0 aliphatic heterocycles. The Morgan fingerprint density at radius 3 is 2.72 bits per heavy atom. The third-order valence-electron chi connectivity index (χ3n) is 2.69. The van der Waals surface area contributed by atoms with Crippen molar-refractivity contribution in [3.63, 3.8) is 0 Å². The predicted octanol–water partition coefficient (Wildman–Crippen LogP) is 2.61. The second kappa shape index (κ2) is 6.45. The van der Waals surface area contributed by atoms with Gasteiger partial charge in [0.1, 0.15) is 0 Å². The maximum absolute atomic E-state index is 11.3. The zero-order valence-corrected chi connectivity index (χ0v) is 10.4. The van der Waals surface area contributed by atoms with E-state index < -0.39 is 11.9 Å². The average molecular weight is 245 g/mol. The maximum atomic E-state index is 11.3. The molecule has 1 aromatic rings. The molecule has 4 heteroatoms. The van der Waals surface area contributed by atoms with Gasteiger partial charge in [-0.05, 0) is 18.1 Å². The molecule has 0 saturated carbocycles. The Bertz CT molecular complexity index is 500. The number of carboxylic acid groups (broad SMARTS) is 1. The summed E-state index contributed by atoms with van der Waals surface area (Å²) in [6, 6.07) is 9.23. The zero-order valence-electron chi connectivity index (χ0n) is 10.4. The summed E-state index contributed by atoms with van der Waals surface area (Å²) in [6.07, 6.45) is 1.42. The lowest BCUT2D eigenvalue weighted by Gasteiger charge is -2.14. The summed E-state index contributed by atoms with van der Waals surface area (Å²) < 4.78 is 4.76. The van der Waals surface area contributed by atoms with Crippen LogP contribution in [0.25, 0.3) is 0 Å². The van der Waals surface area contributed by atoms with Crippen molar-refractivity contribution in [1.82, 2.24) is 0 Å². The van der Waals surface area contributed by atoms with E-state index in [4.69, 9.17) is 10.00 Å². The smallest absolute Gasteiger partial charge is 0.311 e. The van der Waals surface area contributed by atoms with Crippen LogP contribution in [0.2, 0.25) is 0 Å². The third kappa shape index (κ3) is 3.36. The number of carbonyl (C=O) groups is 1. The van der Waals surface area contributed by atoms with E-state index in [9.17, 15) is 9.90 Å². The number of aliphatic carboxylic acids is 1. The molecule has 1 aromatic carbocycles. The van der Waals surface area contributed by atoms with E-state index in [0.717, 1.165) is 11.1 Å². The second-order valence-corrected chi connectivity index (χ2v) is 3.94. The number of hydrogen-bond acceptors (Lipinski definition) is 3. The summed E-state index contributed by atoms with van der Waals surface area (Å²) in [5.74, 6) is -1.67. The molecule has 94 valence electrons. The average Bonchev–Trinajstić information content (AvgIpc) is 2.35. The van der Waals surface area contributed by atoms with Gasteiger partial charge in [-0.15, -0.1) is 0 Å². The fourth-order valence-electron chi connectivity index (χ4n) is 1.79. The van der Waals surface area contributed by atoms with Crippen molar-refractivity contribution < 1.29 is 14.6 Å². The topological polar surface area (TPSA) is 70.3 Å². The minimum Gasteiger partial charge on any atom is -0.503 e. The normalized spacial score (nSPS) is 12.6. The highest BCUT2D eigenvalue weighted by Gasteiger charge is 2.22. The number of aryl methyl sites for hydroxylation is 1. The van der Waals surface area contributed by atoms with Crippen molar-refractivity contribution in [1.29, 1.82) is 5.26 Å². The molecule has 0 amide bonds. The number of nitrogens with zero attached hydrogens (tertiary/aromatic N) is 1. The molecule has 1 rings (SSSR count). The molecule has 0 heterocycles. The van der Waals surface area contributed by atoms with Crippen LogP contribution in [0.4, 0.5) is 0 Å². The van der Waals surface area contributed by atoms with E-state index in [1.807, 2.05) is 25.1 Å². The highest BCUT2D eigenvalue weighted by molar-refractivity contribution is 5.77. The van der Waals surface area contributed by atoms with Gasteiger partial charge in [0.15, 0.2) is 0 Å². The first-order valence-corrected chi connectivity index (χ1v) is 5.50. The number of methoxy groups -OCH3 is 1. The highest BCUT2D eigenvalue weighted by Crippen LogP contribution is 2.26. The summed E-state index contributed by atoms with van der Waals surface area (Å²) in [5, 5.41) is 18.2. The number of rotatable bonds is 5. The number of allylic oxidation sites excluding steroid dienone is 1. The van der Waals surface area contributed by atoms with Crippen LogP contribution in [-0.2, 0) is 9.53 Å². The zero-order chi connectivity index (χ0) is 13.5. The van der Waals surface area contributed by atoms with Crippen LogP contribution in [0, 0.1) is 18.3 Å². The predicted molar refractivity (Wildman–Crippen MR) is 66.9 cm³/mol. The van der Waals surface area contributed by atoms with Crippen molar-refractivity contribution in [2.45, 2.75) is 19.3 Å². The van der Waals surface area contributed by atoms with Crippen molar-refractivity contribution in [3.05, 3.63) is 47.2 Å². The third-order valence-corrected chi connectivity index (χ3v) is 2.69. The summed E-state index contributed by atoms with van der Waals surface area (Å²) in [5.41, 5.74) is 1.94. The van der Waals surface area contributed by atoms with Crippen LogP contribution < -0.4 is 0 Å². The molecule has 1 N–H and O–H groups in total. The summed E-state index contributed by atoms with van der Waals surface area (Å²) in [4.78, 5) is 11.3. The molecule has 1 atom stereocenters. The molecule has 0 spiro atoms. The molecular weight excluding hydrogens is 230 g/mol. The molecule has 0 bridgehead atoms. The summed E-state index contributed by atoms with van der Waals surface area (Å²) >= 11 is 0. The van der Waals surface area contributed by atoms with Crippen LogP contribution in [0.3, 0.4) is 0 Å². The quantitative estimate of drug-likeness (QED) is 0.639. The van der Waals surface area contributed by atoms with E-state index in [2.05, 4.69) is 0 Å². The molecule has 0 saturated heterocycles. The van der Waals surface area contributed by atoms with Gasteiger partial charge in [0.05, 0.1) is 30.9 Å². The Labute approximate surface area is 106 Å². The lowest BCUT2D eigenvalue weighted by Crippen LogP contribution is -2.13. The van der Waals surface area contributed by atoms with Crippen molar-refractivity contribution >= 4 is 5.97 Å². The summed E-state index contributed by atoms with van der Waals surface area (Å²) in [7, 11) is 1.43. The van der Waals surface area contributed by atoms with Gasteiger partial charge in [-0.25, -0.2) is 0 Å². The molecule has 0 fully saturated rings. The van der Waals surface area contributed by atoms with Crippen LogP contribution in [-0.4, -0.2) is 18.2 Å². The minimum atomic E-state index is -0.943. The lowest BCUT2D eigenvalue weighted by atomic mass is 9.90. The number of nitriles is 1.